The number of rotatable bonds is 8. The van der Waals surface area contributed by atoms with E-state index in [-0.39, 0.29) is 40.2 Å². The molecule has 1 aromatic rings. The summed E-state index contributed by atoms with van der Waals surface area (Å²) in [6, 6.07) is 4.59. The molecule has 1 unspecified atom stereocenters. The first-order valence-electron chi connectivity index (χ1n) is 10.4. The highest BCUT2D eigenvalue weighted by Crippen LogP contribution is 2.41. The van der Waals surface area contributed by atoms with Gasteiger partial charge in [-0.05, 0) is 17.7 Å². The van der Waals surface area contributed by atoms with Crippen LogP contribution in [0.1, 0.15) is 5.56 Å². The smallest absolute Gasteiger partial charge is 0.356 e. The van der Waals surface area contributed by atoms with Crippen LogP contribution < -0.4 is 5.32 Å². The van der Waals surface area contributed by atoms with E-state index < -0.39 is 34.1 Å². The Bertz CT molecular complexity index is 1190. The van der Waals surface area contributed by atoms with Gasteiger partial charge in [-0.25, -0.2) is 4.79 Å². The van der Waals surface area contributed by atoms with Crippen molar-refractivity contribution in [2.24, 2.45) is 5.16 Å². The number of fused-ring (bicyclic) bond motifs is 1. The fourth-order valence-corrected chi connectivity index (χ4v) is 5.67. The largest absolute Gasteiger partial charge is 0.490 e. The molecule has 0 aromatic heterocycles. The molecule has 12 nitrogen and oxygen atoms in total. The van der Waals surface area contributed by atoms with Gasteiger partial charge in [0.25, 0.3) is 17.5 Å². The molecule has 190 valence electrons. The minimum absolute atomic E-state index is 0.0916. The van der Waals surface area contributed by atoms with Gasteiger partial charge in [0.15, 0.2) is 5.76 Å². The molecule has 1 fully saturated rings. The molecule has 0 aliphatic carbocycles. The van der Waals surface area contributed by atoms with E-state index in [2.05, 4.69) is 10.5 Å². The Labute approximate surface area is 218 Å². The van der Waals surface area contributed by atoms with Crippen LogP contribution in [-0.4, -0.2) is 70.0 Å². The van der Waals surface area contributed by atoms with Crippen LogP contribution >= 0.6 is 35.1 Å². The molecule has 0 spiro atoms. The molecule has 1 N–H and O–H groups in total. The highest BCUT2D eigenvalue weighted by atomic mass is 35.5. The number of non-ortho nitro benzene ring substituents is 1. The highest BCUT2D eigenvalue weighted by Gasteiger charge is 2.54. The van der Waals surface area contributed by atoms with E-state index in [0.29, 0.717) is 12.2 Å². The number of β-lactam (4-membered cyclic amide) rings is 1. The lowest BCUT2D eigenvalue weighted by molar-refractivity contribution is -0.384. The van der Waals surface area contributed by atoms with Gasteiger partial charge in [0.05, 0.1) is 16.6 Å². The van der Waals surface area contributed by atoms with Crippen LogP contribution in [0.5, 0.6) is 0 Å². The molecule has 15 heteroatoms. The summed E-state index contributed by atoms with van der Waals surface area (Å²) in [4.78, 5) is 54.8. The first kappa shape index (κ1) is 25.9. The standard InChI is InChI=1S/C21H19ClN4O8S2/c1-32-24-15(14-10-35-7-6-33-14)18(27)23-16-19(28)25-17(13(22)9-36-20(16)25)21(29)34-8-11-2-4-12(5-3-11)26(30)31/h2-5,10,16,20H,6-9H2,1H3,(H,23,27)/t16?,20-/m1/s1. The van der Waals surface area contributed by atoms with Gasteiger partial charge >= 0.3 is 5.97 Å². The molecule has 4 rings (SSSR count). The summed E-state index contributed by atoms with van der Waals surface area (Å²) in [5.74, 6) is -0.812. The van der Waals surface area contributed by atoms with Crippen LogP contribution in [-0.2, 0) is 35.3 Å². The normalized spacial score (nSPS) is 21.5. The number of nitrogens with one attached hydrogen (secondary N) is 1. The number of benzene rings is 1. The average Bonchev–Trinajstić information content (AvgIpc) is 2.89. The van der Waals surface area contributed by atoms with Crippen molar-refractivity contribution < 1.29 is 33.6 Å². The number of hydrogen-bond acceptors (Lipinski definition) is 11. The van der Waals surface area contributed by atoms with Gasteiger partial charge in [-0.1, -0.05) is 16.8 Å². The number of nitro groups is 1. The summed E-state index contributed by atoms with van der Waals surface area (Å²) in [6.07, 6.45) is 0. The summed E-state index contributed by atoms with van der Waals surface area (Å²) in [6.45, 7) is 0.226. The van der Waals surface area contributed by atoms with Crippen LogP contribution in [0, 0.1) is 10.1 Å². The summed E-state index contributed by atoms with van der Waals surface area (Å²) >= 11 is 9.00. The zero-order valence-corrected chi connectivity index (χ0v) is 21.1. The van der Waals surface area contributed by atoms with Gasteiger partial charge in [-0.3, -0.25) is 24.6 Å². The summed E-state index contributed by atoms with van der Waals surface area (Å²) in [5.41, 5.74) is 0.229. The van der Waals surface area contributed by atoms with Crippen molar-refractivity contribution in [1.29, 1.82) is 0 Å². The molecule has 2 atom stereocenters. The fourth-order valence-electron chi connectivity index (χ4n) is 3.49. The second-order valence-corrected chi connectivity index (χ2v) is 9.98. The minimum atomic E-state index is -0.927. The molecule has 3 heterocycles. The second-order valence-electron chi connectivity index (χ2n) is 7.44. The average molecular weight is 555 g/mol. The minimum Gasteiger partial charge on any atom is -0.490 e. The summed E-state index contributed by atoms with van der Waals surface area (Å²) in [7, 11) is 1.29. The Morgan fingerprint density at radius 2 is 2.11 bits per heavy atom. The lowest BCUT2D eigenvalue weighted by Gasteiger charge is -2.49. The van der Waals surface area contributed by atoms with E-state index in [1.54, 1.807) is 5.41 Å². The van der Waals surface area contributed by atoms with E-state index in [9.17, 15) is 24.5 Å². The fraction of sp³-hybridized carbons (Fsp3) is 0.333. The van der Waals surface area contributed by atoms with E-state index >= 15 is 0 Å². The number of ether oxygens (including phenoxy) is 2. The van der Waals surface area contributed by atoms with Gasteiger partial charge in [0.1, 0.15) is 30.8 Å². The van der Waals surface area contributed by atoms with Gasteiger partial charge in [0, 0.05) is 29.0 Å². The SMILES string of the molecule is CON=C(C(=O)NC1C(=O)N2C(C(=O)OCc3ccc([N+](=O)[O-])cc3)=C(Cl)CS[C@H]12)C1=CSCCO1. The maximum Gasteiger partial charge on any atom is 0.356 e. The third kappa shape index (κ3) is 5.29. The molecule has 36 heavy (non-hydrogen) atoms. The number of amides is 2. The van der Waals surface area contributed by atoms with Crippen molar-refractivity contribution in [3.05, 3.63) is 61.8 Å². The van der Waals surface area contributed by atoms with Crippen LogP contribution in [0.25, 0.3) is 0 Å². The molecular weight excluding hydrogens is 536 g/mol. The quantitative estimate of drug-likeness (QED) is 0.166. The van der Waals surface area contributed by atoms with Crippen LogP contribution in [0.2, 0.25) is 0 Å². The van der Waals surface area contributed by atoms with Crippen LogP contribution in [0.3, 0.4) is 0 Å². The Kier molecular flexibility index (Phi) is 8.06. The van der Waals surface area contributed by atoms with Crippen molar-refractivity contribution >= 4 is 64.3 Å². The number of carbonyl (C=O) groups is 3. The number of esters is 1. The van der Waals surface area contributed by atoms with E-state index in [1.165, 1.54) is 59.8 Å². The van der Waals surface area contributed by atoms with Crippen molar-refractivity contribution in [1.82, 2.24) is 10.2 Å². The monoisotopic (exact) mass is 554 g/mol. The maximum atomic E-state index is 12.9. The number of nitrogens with zero attached hydrogens (tertiary/aromatic N) is 3. The van der Waals surface area contributed by atoms with Gasteiger partial charge < -0.3 is 19.6 Å². The summed E-state index contributed by atoms with van der Waals surface area (Å²) in [5, 5.41) is 18.4. The highest BCUT2D eigenvalue weighted by molar-refractivity contribution is 8.02. The number of carbonyl (C=O) groups excluding carboxylic acids is 3. The lowest BCUT2D eigenvalue weighted by Crippen LogP contribution is -2.71. The first-order valence-corrected chi connectivity index (χ1v) is 12.9. The Morgan fingerprint density at radius 3 is 2.75 bits per heavy atom. The van der Waals surface area contributed by atoms with Crippen molar-refractivity contribution in [3.63, 3.8) is 0 Å². The third-order valence-electron chi connectivity index (χ3n) is 5.20. The first-order chi connectivity index (χ1) is 17.3. The maximum absolute atomic E-state index is 12.9. The molecule has 1 saturated heterocycles. The number of oxime groups is 1. The Morgan fingerprint density at radius 1 is 1.36 bits per heavy atom. The number of hydrogen-bond donors (Lipinski definition) is 1. The zero-order valence-electron chi connectivity index (χ0n) is 18.7. The molecule has 3 aliphatic heterocycles. The van der Waals surface area contributed by atoms with E-state index in [4.69, 9.17) is 25.9 Å². The molecule has 0 saturated carbocycles. The third-order valence-corrected chi connectivity index (χ3v) is 7.73. The number of nitro benzene ring substituents is 1. The lowest BCUT2D eigenvalue weighted by atomic mass is 10.0. The van der Waals surface area contributed by atoms with Crippen molar-refractivity contribution in [3.8, 4) is 0 Å². The topological polar surface area (TPSA) is 150 Å². The number of halogens is 1. The van der Waals surface area contributed by atoms with Crippen LogP contribution in [0.15, 0.2) is 51.3 Å². The second kappa shape index (κ2) is 11.2. The molecular formula is C21H19ClN4O8S2. The van der Waals surface area contributed by atoms with Gasteiger partial charge in [-0.2, -0.15) is 0 Å². The zero-order chi connectivity index (χ0) is 25.8. The predicted molar refractivity (Wildman–Crippen MR) is 132 cm³/mol. The van der Waals surface area contributed by atoms with Gasteiger partial charge in [-0.15, -0.1) is 23.5 Å². The molecule has 1 aromatic carbocycles. The molecule has 3 aliphatic rings. The molecule has 0 bridgehead atoms. The van der Waals surface area contributed by atoms with E-state index in [1.807, 2.05) is 0 Å². The van der Waals surface area contributed by atoms with Gasteiger partial charge in [0.2, 0.25) is 5.71 Å². The Balaban J connectivity index is 1.41. The van der Waals surface area contributed by atoms with Crippen molar-refractivity contribution in [2.45, 2.75) is 18.0 Å². The molecule has 2 amide bonds. The predicted octanol–water partition coefficient (Wildman–Crippen LogP) is 2.10. The number of thioether (sulfide) groups is 2. The van der Waals surface area contributed by atoms with E-state index in [0.717, 1.165) is 5.75 Å². The molecule has 0 radical (unpaired) electrons. The van der Waals surface area contributed by atoms with Crippen LogP contribution in [0.4, 0.5) is 5.69 Å². The Hall–Kier alpha value is -3.23. The van der Waals surface area contributed by atoms with Crippen molar-refractivity contribution in [2.75, 3.05) is 25.2 Å². The summed E-state index contributed by atoms with van der Waals surface area (Å²) < 4.78 is 10.8.